The molecule has 2 amide bonds. The van der Waals surface area contributed by atoms with Gasteiger partial charge in [-0.1, -0.05) is 24.3 Å². The van der Waals surface area contributed by atoms with Crippen LogP contribution >= 0.6 is 0 Å². The van der Waals surface area contributed by atoms with Crippen molar-refractivity contribution in [1.29, 1.82) is 0 Å². The number of aromatic nitrogens is 3. The fraction of sp³-hybridized carbons (Fsp3) is 0.273. The van der Waals surface area contributed by atoms with Crippen molar-refractivity contribution in [2.24, 2.45) is 0 Å². The minimum Gasteiger partial charge on any atom is -0.346 e. The molecule has 0 fully saturated rings. The first kappa shape index (κ1) is 19.8. The van der Waals surface area contributed by atoms with E-state index in [0.717, 1.165) is 25.2 Å². The SMILES string of the molecule is CC(CNC(=O)C(=O)Nc1ccn(-c2ccncc2)n1)N1CCc2ccccc2C1. The molecule has 0 radical (unpaired) electrons. The first-order valence-electron chi connectivity index (χ1n) is 9.96. The molecule has 1 aliphatic rings. The van der Waals surface area contributed by atoms with Gasteiger partial charge in [0, 0.05) is 50.3 Å². The molecule has 8 nitrogen and oxygen atoms in total. The Hall–Kier alpha value is -3.52. The van der Waals surface area contributed by atoms with E-state index in [9.17, 15) is 9.59 Å². The van der Waals surface area contributed by atoms with Gasteiger partial charge in [0.15, 0.2) is 5.82 Å². The first-order valence-corrected chi connectivity index (χ1v) is 9.96. The zero-order chi connectivity index (χ0) is 20.9. The minimum absolute atomic E-state index is 0.126. The fourth-order valence-corrected chi connectivity index (χ4v) is 3.55. The first-order chi connectivity index (χ1) is 14.6. The average Bonchev–Trinajstić information content (AvgIpc) is 3.26. The van der Waals surface area contributed by atoms with Crippen molar-refractivity contribution in [2.75, 3.05) is 18.4 Å². The summed E-state index contributed by atoms with van der Waals surface area (Å²) in [6, 6.07) is 13.8. The van der Waals surface area contributed by atoms with Crippen LogP contribution in [0.5, 0.6) is 0 Å². The Bertz CT molecular complexity index is 1030. The highest BCUT2D eigenvalue weighted by Crippen LogP contribution is 2.20. The molecule has 4 rings (SSSR count). The summed E-state index contributed by atoms with van der Waals surface area (Å²) in [7, 11) is 0. The maximum absolute atomic E-state index is 12.2. The van der Waals surface area contributed by atoms with Gasteiger partial charge >= 0.3 is 11.8 Å². The molecule has 3 heterocycles. The number of rotatable bonds is 5. The third kappa shape index (κ3) is 4.55. The highest BCUT2D eigenvalue weighted by atomic mass is 16.2. The van der Waals surface area contributed by atoms with E-state index in [1.165, 1.54) is 11.1 Å². The molecule has 1 unspecified atom stereocenters. The number of benzene rings is 1. The maximum atomic E-state index is 12.2. The van der Waals surface area contributed by atoms with Gasteiger partial charge in [-0.15, -0.1) is 0 Å². The predicted molar refractivity (Wildman–Crippen MR) is 113 cm³/mol. The molecule has 1 aliphatic heterocycles. The molecule has 3 aromatic rings. The van der Waals surface area contributed by atoms with Crippen molar-refractivity contribution in [3.8, 4) is 5.69 Å². The van der Waals surface area contributed by atoms with Crippen molar-refractivity contribution in [2.45, 2.75) is 25.9 Å². The van der Waals surface area contributed by atoms with Crippen LogP contribution in [-0.4, -0.2) is 50.6 Å². The van der Waals surface area contributed by atoms with Gasteiger partial charge in [-0.3, -0.25) is 19.5 Å². The summed E-state index contributed by atoms with van der Waals surface area (Å²) >= 11 is 0. The molecule has 154 valence electrons. The van der Waals surface area contributed by atoms with Crippen molar-refractivity contribution >= 4 is 17.6 Å². The Morgan fingerprint density at radius 1 is 1.07 bits per heavy atom. The van der Waals surface area contributed by atoms with E-state index < -0.39 is 11.8 Å². The summed E-state index contributed by atoms with van der Waals surface area (Å²) in [6.07, 6.45) is 6.02. The standard InChI is InChI=1S/C22H24N6O2/c1-16(27-12-8-17-4-2-3-5-18(17)15-27)14-24-21(29)22(30)25-20-9-13-28(26-20)19-6-10-23-11-7-19/h2-7,9-11,13,16H,8,12,14-15H2,1H3,(H,24,29)(H,25,26,30). The Balaban J connectivity index is 1.27. The van der Waals surface area contributed by atoms with Crippen molar-refractivity contribution in [1.82, 2.24) is 25.0 Å². The predicted octanol–water partition coefficient (Wildman–Crippen LogP) is 1.77. The molecule has 2 aromatic heterocycles. The van der Waals surface area contributed by atoms with Crippen LogP contribution in [0.4, 0.5) is 5.82 Å². The van der Waals surface area contributed by atoms with E-state index in [0.29, 0.717) is 12.4 Å². The number of anilines is 1. The van der Waals surface area contributed by atoms with Crippen LogP contribution in [0.15, 0.2) is 61.1 Å². The number of nitrogens with one attached hydrogen (secondary N) is 2. The number of hydrogen-bond donors (Lipinski definition) is 2. The second-order valence-electron chi connectivity index (χ2n) is 7.35. The molecule has 0 saturated carbocycles. The summed E-state index contributed by atoms with van der Waals surface area (Å²) in [5.41, 5.74) is 3.52. The quantitative estimate of drug-likeness (QED) is 0.633. The average molecular weight is 404 g/mol. The van der Waals surface area contributed by atoms with Crippen molar-refractivity contribution < 1.29 is 9.59 Å². The van der Waals surface area contributed by atoms with Gasteiger partial charge in [0.2, 0.25) is 0 Å². The van der Waals surface area contributed by atoms with E-state index in [-0.39, 0.29) is 6.04 Å². The van der Waals surface area contributed by atoms with Gasteiger partial charge in [0.1, 0.15) is 0 Å². The Morgan fingerprint density at radius 3 is 2.63 bits per heavy atom. The number of pyridine rings is 1. The zero-order valence-corrected chi connectivity index (χ0v) is 16.8. The van der Waals surface area contributed by atoms with Gasteiger partial charge in [-0.2, -0.15) is 5.10 Å². The largest absolute Gasteiger partial charge is 0.346 e. The highest BCUT2D eigenvalue weighted by molar-refractivity contribution is 6.39. The van der Waals surface area contributed by atoms with Crippen LogP contribution in [-0.2, 0) is 22.6 Å². The molecule has 1 aromatic carbocycles. The number of fused-ring (bicyclic) bond motifs is 1. The molecule has 30 heavy (non-hydrogen) atoms. The van der Waals surface area contributed by atoms with Gasteiger partial charge in [0.05, 0.1) is 5.69 Å². The Kier molecular flexibility index (Phi) is 5.85. The lowest BCUT2D eigenvalue weighted by Gasteiger charge is -2.33. The van der Waals surface area contributed by atoms with Crippen LogP contribution in [0.25, 0.3) is 5.69 Å². The van der Waals surface area contributed by atoms with Gasteiger partial charge < -0.3 is 10.6 Å². The van der Waals surface area contributed by atoms with Crippen LogP contribution in [0, 0.1) is 0 Å². The maximum Gasteiger partial charge on any atom is 0.314 e. The summed E-state index contributed by atoms with van der Waals surface area (Å²) in [4.78, 5) is 30.7. The summed E-state index contributed by atoms with van der Waals surface area (Å²) in [5.74, 6) is -1.09. The third-order valence-electron chi connectivity index (χ3n) is 5.31. The molecule has 0 spiro atoms. The number of amides is 2. The lowest BCUT2D eigenvalue weighted by atomic mass is 9.99. The monoisotopic (exact) mass is 404 g/mol. The Labute approximate surface area is 174 Å². The number of nitrogens with zero attached hydrogens (tertiary/aromatic N) is 4. The lowest BCUT2D eigenvalue weighted by molar-refractivity contribution is -0.136. The summed E-state index contributed by atoms with van der Waals surface area (Å²) < 4.78 is 1.60. The van der Waals surface area contributed by atoms with Crippen LogP contribution < -0.4 is 10.6 Å². The molecule has 0 bridgehead atoms. The molecule has 2 N–H and O–H groups in total. The van der Waals surface area contributed by atoms with E-state index >= 15 is 0 Å². The van der Waals surface area contributed by atoms with Gasteiger partial charge in [-0.25, -0.2) is 4.68 Å². The molecule has 0 aliphatic carbocycles. The topological polar surface area (TPSA) is 92.2 Å². The van der Waals surface area contributed by atoms with E-state index in [1.807, 2.05) is 0 Å². The molecule has 0 saturated heterocycles. The van der Waals surface area contributed by atoms with E-state index in [2.05, 4.69) is 56.8 Å². The third-order valence-corrected chi connectivity index (χ3v) is 5.31. The molecular weight excluding hydrogens is 380 g/mol. The summed E-state index contributed by atoms with van der Waals surface area (Å²) in [5, 5.41) is 9.52. The number of carbonyl (C=O) groups excluding carboxylic acids is 2. The van der Waals surface area contributed by atoms with Crippen molar-refractivity contribution in [3.63, 3.8) is 0 Å². The molecule has 8 heteroatoms. The smallest absolute Gasteiger partial charge is 0.314 e. The van der Waals surface area contributed by atoms with E-state index in [1.54, 1.807) is 41.5 Å². The second kappa shape index (κ2) is 8.87. The van der Waals surface area contributed by atoms with Crippen LogP contribution in [0.2, 0.25) is 0 Å². The number of hydrogen-bond acceptors (Lipinski definition) is 5. The highest BCUT2D eigenvalue weighted by Gasteiger charge is 2.22. The van der Waals surface area contributed by atoms with E-state index in [4.69, 9.17) is 0 Å². The normalized spacial score (nSPS) is 14.6. The van der Waals surface area contributed by atoms with Crippen molar-refractivity contribution in [3.05, 3.63) is 72.2 Å². The zero-order valence-electron chi connectivity index (χ0n) is 16.8. The van der Waals surface area contributed by atoms with Gasteiger partial charge in [0.25, 0.3) is 0 Å². The second-order valence-corrected chi connectivity index (χ2v) is 7.35. The summed E-state index contributed by atoms with van der Waals surface area (Å²) in [6.45, 7) is 4.25. The van der Waals surface area contributed by atoms with Gasteiger partial charge in [-0.05, 0) is 36.6 Å². The van der Waals surface area contributed by atoms with Crippen LogP contribution in [0.1, 0.15) is 18.1 Å². The molecular formula is C22H24N6O2. The fourth-order valence-electron chi connectivity index (χ4n) is 3.55. The number of carbonyl (C=O) groups is 2. The Morgan fingerprint density at radius 2 is 1.83 bits per heavy atom. The van der Waals surface area contributed by atoms with Crippen LogP contribution in [0.3, 0.4) is 0 Å². The lowest BCUT2D eigenvalue weighted by Crippen LogP contribution is -2.46. The minimum atomic E-state index is -0.730. The molecule has 1 atom stereocenters.